The molecule has 0 aromatic heterocycles. The lowest BCUT2D eigenvalue weighted by Crippen LogP contribution is -2.65. The van der Waals surface area contributed by atoms with Crippen molar-refractivity contribution in [3.63, 3.8) is 0 Å². The highest BCUT2D eigenvalue weighted by molar-refractivity contribution is 5.73. The number of hydrogen-bond donors (Lipinski definition) is 3. The standard InChI is InChI=1S/C12H19NO8/c1-5(15)13-9-11(20-7(3)17)10(19-6(2)16)8(4-14)21-12(9)18/h8-12,14,18H,4H2,1-3H3,(H,13,15)/t8?,9?,10-,11?,12-/m1/s1. The van der Waals surface area contributed by atoms with Crippen LogP contribution in [0.25, 0.3) is 0 Å². The lowest BCUT2D eigenvalue weighted by molar-refractivity contribution is -0.263. The Hall–Kier alpha value is -1.71. The van der Waals surface area contributed by atoms with E-state index in [-0.39, 0.29) is 0 Å². The second-order valence-corrected chi connectivity index (χ2v) is 4.62. The van der Waals surface area contributed by atoms with Gasteiger partial charge in [0, 0.05) is 20.8 Å². The van der Waals surface area contributed by atoms with Gasteiger partial charge in [-0.2, -0.15) is 0 Å². The molecular weight excluding hydrogens is 286 g/mol. The average Bonchev–Trinajstić information content (AvgIpc) is 2.35. The second-order valence-electron chi connectivity index (χ2n) is 4.62. The van der Waals surface area contributed by atoms with Gasteiger partial charge in [-0.15, -0.1) is 0 Å². The summed E-state index contributed by atoms with van der Waals surface area (Å²) in [7, 11) is 0. The Kier molecular flexibility index (Phi) is 6.06. The van der Waals surface area contributed by atoms with Crippen molar-refractivity contribution in [3.8, 4) is 0 Å². The highest BCUT2D eigenvalue weighted by Crippen LogP contribution is 2.25. The Balaban J connectivity index is 3.08. The number of carbonyl (C=O) groups excluding carboxylic acids is 3. The van der Waals surface area contributed by atoms with Gasteiger partial charge in [-0.3, -0.25) is 14.4 Å². The third-order valence-electron chi connectivity index (χ3n) is 2.82. The Bertz CT molecular complexity index is 412. The van der Waals surface area contributed by atoms with Crippen LogP contribution in [0.1, 0.15) is 20.8 Å². The molecule has 1 amide bonds. The first kappa shape index (κ1) is 17.3. The van der Waals surface area contributed by atoms with Crippen LogP contribution in [-0.2, 0) is 28.6 Å². The first-order valence-electron chi connectivity index (χ1n) is 6.32. The van der Waals surface area contributed by atoms with Gasteiger partial charge in [0.05, 0.1) is 6.61 Å². The molecule has 3 unspecified atom stereocenters. The lowest BCUT2D eigenvalue weighted by atomic mass is 9.96. The first-order valence-corrected chi connectivity index (χ1v) is 6.32. The molecule has 120 valence electrons. The predicted octanol–water partition coefficient (Wildman–Crippen LogP) is -1.94. The van der Waals surface area contributed by atoms with Gasteiger partial charge in [-0.05, 0) is 0 Å². The summed E-state index contributed by atoms with van der Waals surface area (Å²) in [5, 5.41) is 21.5. The molecule has 9 heteroatoms. The normalized spacial score (nSPS) is 32.1. The van der Waals surface area contributed by atoms with Crippen molar-refractivity contribution in [3.05, 3.63) is 0 Å². The zero-order valence-corrected chi connectivity index (χ0v) is 11.9. The topological polar surface area (TPSA) is 131 Å². The maximum atomic E-state index is 11.2. The van der Waals surface area contributed by atoms with Crippen LogP contribution >= 0.6 is 0 Å². The molecule has 1 heterocycles. The van der Waals surface area contributed by atoms with Gasteiger partial charge in [0.25, 0.3) is 0 Å². The van der Waals surface area contributed by atoms with Gasteiger partial charge in [-0.25, -0.2) is 0 Å². The molecule has 1 aliphatic rings. The van der Waals surface area contributed by atoms with Gasteiger partial charge in [0.15, 0.2) is 18.5 Å². The Morgan fingerprint density at radius 2 is 1.62 bits per heavy atom. The number of esters is 2. The summed E-state index contributed by atoms with van der Waals surface area (Å²) in [5.41, 5.74) is 0. The monoisotopic (exact) mass is 305 g/mol. The van der Waals surface area contributed by atoms with Crippen LogP contribution in [-0.4, -0.2) is 65.3 Å². The fraction of sp³-hybridized carbons (Fsp3) is 0.750. The summed E-state index contributed by atoms with van der Waals surface area (Å²) < 4.78 is 15.1. The van der Waals surface area contributed by atoms with Crippen molar-refractivity contribution in [2.24, 2.45) is 0 Å². The highest BCUT2D eigenvalue weighted by Gasteiger charge is 2.49. The minimum Gasteiger partial charge on any atom is -0.456 e. The molecule has 0 saturated carbocycles. The smallest absolute Gasteiger partial charge is 0.303 e. The Morgan fingerprint density at radius 1 is 1.10 bits per heavy atom. The van der Waals surface area contributed by atoms with Crippen molar-refractivity contribution in [1.29, 1.82) is 0 Å². The minimum atomic E-state index is -1.53. The Morgan fingerprint density at radius 3 is 2.05 bits per heavy atom. The second kappa shape index (κ2) is 7.34. The molecule has 1 rings (SSSR count). The fourth-order valence-electron chi connectivity index (χ4n) is 2.12. The third kappa shape index (κ3) is 4.66. The van der Waals surface area contributed by atoms with E-state index in [1.54, 1.807) is 0 Å². The van der Waals surface area contributed by atoms with Crippen molar-refractivity contribution >= 4 is 17.8 Å². The van der Waals surface area contributed by atoms with Crippen LogP contribution in [0, 0.1) is 0 Å². The number of ether oxygens (including phenoxy) is 3. The molecule has 5 atom stereocenters. The number of amides is 1. The van der Waals surface area contributed by atoms with Gasteiger partial charge in [-0.1, -0.05) is 0 Å². The van der Waals surface area contributed by atoms with E-state index in [0.717, 1.165) is 13.8 Å². The summed E-state index contributed by atoms with van der Waals surface area (Å²) in [6.45, 7) is 2.90. The molecule has 1 aliphatic heterocycles. The molecule has 1 saturated heterocycles. The van der Waals surface area contributed by atoms with Crippen LogP contribution in [0.15, 0.2) is 0 Å². The van der Waals surface area contributed by atoms with E-state index in [9.17, 15) is 24.6 Å². The molecule has 9 nitrogen and oxygen atoms in total. The van der Waals surface area contributed by atoms with E-state index < -0.39 is 55.1 Å². The summed E-state index contributed by atoms with van der Waals surface area (Å²) in [6, 6.07) is -1.13. The summed E-state index contributed by atoms with van der Waals surface area (Å²) >= 11 is 0. The van der Waals surface area contributed by atoms with Crippen molar-refractivity contribution in [2.75, 3.05) is 6.61 Å². The average molecular weight is 305 g/mol. The zero-order valence-electron chi connectivity index (χ0n) is 11.9. The number of rotatable bonds is 4. The van der Waals surface area contributed by atoms with Crippen LogP contribution < -0.4 is 5.32 Å². The molecule has 0 aromatic rings. The van der Waals surface area contributed by atoms with Gasteiger partial charge >= 0.3 is 11.9 Å². The number of nitrogens with one attached hydrogen (secondary N) is 1. The summed E-state index contributed by atoms with van der Waals surface area (Å²) in [5.74, 6) is -1.88. The molecule has 1 fully saturated rings. The number of aliphatic hydroxyl groups is 2. The summed E-state index contributed by atoms with van der Waals surface area (Å²) in [4.78, 5) is 33.6. The number of hydrogen-bond acceptors (Lipinski definition) is 8. The van der Waals surface area contributed by atoms with E-state index >= 15 is 0 Å². The van der Waals surface area contributed by atoms with E-state index in [2.05, 4.69) is 5.32 Å². The molecule has 0 bridgehead atoms. The predicted molar refractivity (Wildman–Crippen MR) is 66.7 cm³/mol. The van der Waals surface area contributed by atoms with Gasteiger partial charge in [0.1, 0.15) is 12.1 Å². The molecule has 21 heavy (non-hydrogen) atoms. The number of carbonyl (C=O) groups is 3. The third-order valence-corrected chi connectivity index (χ3v) is 2.82. The summed E-state index contributed by atoms with van der Waals surface area (Å²) in [6.07, 6.45) is -4.95. The minimum absolute atomic E-state index is 0.496. The van der Waals surface area contributed by atoms with Gasteiger partial charge in [0.2, 0.25) is 5.91 Å². The van der Waals surface area contributed by atoms with E-state index in [1.807, 2.05) is 0 Å². The molecule has 0 aliphatic carbocycles. The van der Waals surface area contributed by atoms with Crippen molar-refractivity contribution in [2.45, 2.75) is 51.4 Å². The molecule has 3 N–H and O–H groups in total. The molecule has 0 spiro atoms. The lowest BCUT2D eigenvalue weighted by Gasteiger charge is -2.43. The maximum Gasteiger partial charge on any atom is 0.303 e. The van der Waals surface area contributed by atoms with Crippen LogP contribution in [0.5, 0.6) is 0 Å². The largest absolute Gasteiger partial charge is 0.456 e. The zero-order chi connectivity index (χ0) is 16.2. The van der Waals surface area contributed by atoms with Crippen molar-refractivity contribution < 1.29 is 38.8 Å². The maximum absolute atomic E-state index is 11.2. The molecular formula is C12H19NO8. The van der Waals surface area contributed by atoms with Crippen LogP contribution in [0.3, 0.4) is 0 Å². The van der Waals surface area contributed by atoms with Gasteiger partial charge < -0.3 is 29.7 Å². The van der Waals surface area contributed by atoms with E-state index in [0.29, 0.717) is 0 Å². The molecule has 0 aromatic carbocycles. The Labute approximate surface area is 121 Å². The van der Waals surface area contributed by atoms with Crippen LogP contribution in [0.4, 0.5) is 0 Å². The van der Waals surface area contributed by atoms with E-state index in [4.69, 9.17) is 14.2 Å². The van der Waals surface area contributed by atoms with Crippen LogP contribution in [0.2, 0.25) is 0 Å². The quantitative estimate of drug-likeness (QED) is 0.511. The highest BCUT2D eigenvalue weighted by atomic mass is 16.7. The first-order chi connectivity index (χ1) is 9.76. The number of aliphatic hydroxyl groups excluding tert-OH is 2. The fourth-order valence-corrected chi connectivity index (χ4v) is 2.12. The van der Waals surface area contributed by atoms with Crippen molar-refractivity contribution in [1.82, 2.24) is 5.32 Å². The SMILES string of the molecule is CC(=O)NC1C(OC(C)=O)[C@H](OC(C)=O)C(CO)O[C@H]1O. The molecule has 0 radical (unpaired) electrons. The van der Waals surface area contributed by atoms with E-state index in [1.165, 1.54) is 6.92 Å².